The van der Waals surface area contributed by atoms with Gasteiger partial charge in [0.1, 0.15) is 0 Å². The largest absolute Gasteiger partial charge is 2.00 e. The molecule has 0 radical (unpaired) electrons. The van der Waals surface area contributed by atoms with Crippen LogP contribution in [0.15, 0.2) is 60.7 Å². The molecule has 2 rings (SSSR count). The Morgan fingerprint density at radius 2 is 1.14 bits per heavy atom. The number of rotatable bonds is 3. The molecular formula is C17H20F6N2OP2Pd. The number of hydrogen-bond donors (Lipinski definition) is 1. The van der Waals surface area contributed by atoms with E-state index < -0.39 is 15.9 Å². The van der Waals surface area contributed by atoms with Gasteiger partial charge in [-0.2, -0.15) is 5.26 Å². The first-order valence-corrected chi connectivity index (χ1v) is 10.6. The van der Waals surface area contributed by atoms with Crippen molar-refractivity contribution >= 4 is 32.4 Å². The maximum atomic E-state index is 11.3. The van der Waals surface area contributed by atoms with Gasteiger partial charge in [0.2, 0.25) is 5.91 Å². The summed E-state index contributed by atoms with van der Waals surface area (Å²) in [4.78, 5) is 11.3. The molecule has 0 bridgehead atoms. The molecule has 0 heterocycles. The molecule has 3 nitrogen and oxygen atoms in total. The van der Waals surface area contributed by atoms with Crippen LogP contribution in [0.5, 0.6) is 0 Å². The minimum absolute atomic E-state index is 0. The van der Waals surface area contributed by atoms with Crippen molar-refractivity contribution in [2.24, 2.45) is 0 Å². The van der Waals surface area contributed by atoms with E-state index in [1.807, 2.05) is 36.4 Å². The standard InChI is InChI=1S/C14H14NOP.C2H3N.CH3.F6P.Pd/c1-12(16)15-17(13-8-4-2-5-9-13)14-10-6-3-7-11-14;1-2-3;;1-7(2,3,4,5)6;/h2-11H,1H3,(H,15,16);1H3;1H3;;/q;;2*-1;+2. The van der Waals surface area contributed by atoms with Crippen LogP contribution in [-0.2, 0) is 25.2 Å². The van der Waals surface area contributed by atoms with E-state index in [-0.39, 0.29) is 33.8 Å². The molecule has 0 aliphatic carbocycles. The van der Waals surface area contributed by atoms with Crippen molar-refractivity contribution in [1.29, 1.82) is 5.26 Å². The van der Waals surface area contributed by atoms with Crippen LogP contribution in [0.4, 0.5) is 25.2 Å². The normalized spacial score (nSPS) is 11.9. The molecule has 0 saturated heterocycles. The van der Waals surface area contributed by atoms with Crippen LogP contribution in [0.25, 0.3) is 0 Å². The molecule has 2 aromatic carbocycles. The minimum Gasteiger partial charge on any atom is -0.358 e. The van der Waals surface area contributed by atoms with Gasteiger partial charge in [0.25, 0.3) is 0 Å². The van der Waals surface area contributed by atoms with E-state index in [0.29, 0.717) is 0 Å². The van der Waals surface area contributed by atoms with Gasteiger partial charge < -0.3 is 12.5 Å². The number of halogens is 6. The Morgan fingerprint density at radius 1 is 0.897 bits per heavy atom. The number of nitrogens with one attached hydrogen (secondary N) is 1. The third-order valence-corrected chi connectivity index (χ3v) is 4.47. The van der Waals surface area contributed by atoms with Gasteiger partial charge in [-0.25, -0.2) is 0 Å². The molecule has 1 amide bonds. The summed E-state index contributed by atoms with van der Waals surface area (Å²) in [5, 5.41) is 12.7. The van der Waals surface area contributed by atoms with Crippen molar-refractivity contribution in [2.75, 3.05) is 0 Å². The Morgan fingerprint density at radius 3 is 1.34 bits per heavy atom. The summed E-state index contributed by atoms with van der Waals surface area (Å²) in [5.74, 6) is 0.00353. The second-order valence-electron chi connectivity index (χ2n) is 4.86. The first-order valence-electron chi connectivity index (χ1n) is 7.18. The Labute approximate surface area is 181 Å². The van der Waals surface area contributed by atoms with Crippen molar-refractivity contribution in [3.63, 3.8) is 0 Å². The van der Waals surface area contributed by atoms with Gasteiger partial charge in [-0.3, -0.25) is 4.79 Å². The molecule has 2 aromatic rings. The molecule has 0 saturated carbocycles. The van der Waals surface area contributed by atoms with Crippen LogP contribution < -0.4 is 15.7 Å². The summed E-state index contributed by atoms with van der Waals surface area (Å²) >= 11 is 0. The smallest absolute Gasteiger partial charge is 0.358 e. The number of nitriles is 1. The third-order valence-electron chi connectivity index (χ3n) is 2.30. The molecule has 0 aliphatic heterocycles. The molecule has 29 heavy (non-hydrogen) atoms. The quantitative estimate of drug-likeness (QED) is 0.204. The number of hydrogen-bond acceptors (Lipinski definition) is 2. The molecule has 166 valence electrons. The molecule has 0 aliphatic rings. The van der Waals surface area contributed by atoms with Gasteiger partial charge in [-0.05, 0) is 0 Å². The molecule has 0 aromatic heterocycles. The first-order chi connectivity index (χ1) is 12.1. The molecule has 0 fully saturated rings. The monoisotopic (exact) mass is 550 g/mol. The maximum Gasteiger partial charge on any atom is 2.00 e. The van der Waals surface area contributed by atoms with Gasteiger partial charge in [-0.15, -0.1) is 0 Å². The van der Waals surface area contributed by atoms with Crippen LogP contribution >= 0.6 is 15.9 Å². The van der Waals surface area contributed by atoms with Crippen molar-refractivity contribution in [1.82, 2.24) is 5.09 Å². The van der Waals surface area contributed by atoms with E-state index in [4.69, 9.17) is 5.26 Å². The van der Waals surface area contributed by atoms with Crippen molar-refractivity contribution in [2.45, 2.75) is 13.8 Å². The fraction of sp³-hybridized carbons (Fsp3) is 0.118. The summed E-state index contributed by atoms with van der Waals surface area (Å²) in [5.41, 5.74) is 0. The first kappa shape index (κ1) is 32.2. The number of carbonyl (C=O) groups excluding carboxylic acids is 1. The summed E-state index contributed by atoms with van der Waals surface area (Å²) in [6.45, 7) is 2.99. The predicted molar refractivity (Wildman–Crippen MR) is 104 cm³/mol. The van der Waals surface area contributed by atoms with Crippen LogP contribution in [-0.4, -0.2) is 5.91 Å². The second kappa shape index (κ2) is 12.3. The minimum atomic E-state index is -10.7. The number of benzene rings is 2. The fourth-order valence-electron chi connectivity index (χ4n) is 1.59. The number of carbonyl (C=O) groups is 1. The molecule has 0 atom stereocenters. The fourth-order valence-corrected chi connectivity index (χ4v) is 3.40. The zero-order valence-electron chi connectivity index (χ0n) is 15.6. The Kier molecular flexibility index (Phi) is 13.6. The topological polar surface area (TPSA) is 52.9 Å². The number of amides is 1. The van der Waals surface area contributed by atoms with E-state index in [1.165, 1.54) is 6.92 Å². The average Bonchev–Trinajstić information content (AvgIpc) is 2.52. The molecule has 12 heteroatoms. The van der Waals surface area contributed by atoms with Crippen molar-refractivity contribution in [3.05, 3.63) is 68.1 Å². The predicted octanol–water partition coefficient (Wildman–Crippen LogP) is 6.53. The van der Waals surface area contributed by atoms with Crippen LogP contribution in [0.2, 0.25) is 0 Å². The second-order valence-corrected chi connectivity index (χ2v) is 8.70. The van der Waals surface area contributed by atoms with Gasteiger partial charge in [0.05, 0.1) is 14.1 Å². The zero-order valence-corrected chi connectivity index (χ0v) is 19.0. The van der Waals surface area contributed by atoms with E-state index >= 15 is 0 Å². The maximum absolute atomic E-state index is 11.3. The van der Waals surface area contributed by atoms with E-state index in [1.54, 1.807) is 13.0 Å². The molecule has 0 spiro atoms. The SMILES string of the molecule is CC#N.CC(=O)NP(c1ccccc1)c1ccccc1.F[P-](F)(F)(F)(F)F.[CH3-].[Pd+2]. The summed E-state index contributed by atoms with van der Waals surface area (Å²) in [6, 6.07) is 21.9. The molecule has 1 N–H and O–H groups in total. The Balaban J connectivity index is -0.000000481. The Bertz CT molecular complexity index is 718. The van der Waals surface area contributed by atoms with Crippen molar-refractivity contribution < 1.29 is 50.4 Å². The summed E-state index contributed by atoms with van der Waals surface area (Å²) in [7, 11) is -11.4. The van der Waals surface area contributed by atoms with Crippen LogP contribution in [0, 0.1) is 18.8 Å². The zero-order chi connectivity index (χ0) is 21.2. The van der Waals surface area contributed by atoms with Crippen LogP contribution in [0.3, 0.4) is 0 Å². The van der Waals surface area contributed by atoms with Crippen molar-refractivity contribution in [3.8, 4) is 6.07 Å². The third kappa shape index (κ3) is 22.7. The van der Waals surface area contributed by atoms with Gasteiger partial charge in [-0.1, -0.05) is 60.7 Å². The Hall–Kier alpha value is -1.50. The summed E-state index contributed by atoms with van der Waals surface area (Å²) in [6.07, 6.45) is 0. The average molecular weight is 551 g/mol. The van der Waals surface area contributed by atoms with E-state index in [9.17, 15) is 30.0 Å². The van der Waals surface area contributed by atoms with Gasteiger partial charge in [0, 0.05) is 24.5 Å². The molecule has 0 unspecified atom stereocenters. The van der Waals surface area contributed by atoms with E-state index in [2.05, 4.69) is 29.4 Å². The van der Waals surface area contributed by atoms with Crippen LogP contribution in [0.1, 0.15) is 13.8 Å². The van der Waals surface area contributed by atoms with E-state index in [0.717, 1.165) is 10.6 Å². The van der Waals surface area contributed by atoms with Gasteiger partial charge in [0.15, 0.2) is 0 Å². The summed E-state index contributed by atoms with van der Waals surface area (Å²) < 4.78 is 59.2. The van der Waals surface area contributed by atoms with Gasteiger partial charge >= 0.3 is 53.4 Å². The number of nitrogens with zero attached hydrogens (tertiary/aromatic N) is 1. The molecular weight excluding hydrogens is 531 g/mol.